The monoisotopic (exact) mass is 688 g/mol. The van der Waals surface area contributed by atoms with Gasteiger partial charge in [-0.2, -0.15) is 25.3 Å². The normalized spacial score (nSPS) is 13.0. The van der Waals surface area contributed by atoms with Crippen molar-refractivity contribution in [1.82, 2.24) is 19.6 Å². The molecule has 1 unspecified atom stereocenters. The fourth-order valence-corrected chi connectivity index (χ4v) is 6.75. The topological polar surface area (TPSA) is 148 Å². The number of fused-ring (bicyclic) bond motifs is 1. The van der Waals surface area contributed by atoms with Gasteiger partial charge >= 0.3 is 5.97 Å². The number of hydrogen-bond donors (Lipinski definition) is 4. The Hall–Kier alpha value is -3.33. The number of thiol groups is 2. The first kappa shape index (κ1) is 37.1. The number of aryl methyl sites for hydroxylation is 1. The van der Waals surface area contributed by atoms with E-state index in [9.17, 15) is 18.0 Å². The van der Waals surface area contributed by atoms with Crippen LogP contribution in [0.25, 0.3) is 10.8 Å². The summed E-state index contributed by atoms with van der Waals surface area (Å²) in [5.41, 5.74) is 9.23. The number of allylic oxidation sites excluding steroid dienone is 1. The minimum absolute atomic E-state index is 0.0371. The van der Waals surface area contributed by atoms with E-state index in [0.29, 0.717) is 34.7 Å². The highest BCUT2D eigenvalue weighted by Gasteiger charge is 2.21. The summed E-state index contributed by atoms with van der Waals surface area (Å²) in [6, 6.07) is 10.6. The minimum Gasteiger partial charge on any atom is -0.465 e. The Balaban J connectivity index is 1.66. The largest absolute Gasteiger partial charge is 0.465 e. The second-order valence-corrected chi connectivity index (χ2v) is 14.7. The van der Waals surface area contributed by atoms with E-state index >= 15 is 0 Å². The van der Waals surface area contributed by atoms with Gasteiger partial charge in [-0.05, 0) is 50.3 Å². The number of nitrogens with one attached hydrogen (secondary N) is 1. The summed E-state index contributed by atoms with van der Waals surface area (Å²) in [5.74, 6) is 0.339. The second-order valence-electron chi connectivity index (χ2n) is 11.3. The van der Waals surface area contributed by atoms with Gasteiger partial charge < -0.3 is 20.3 Å². The van der Waals surface area contributed by atoms with Crippen LogP contribution in [0.15, 0.2) is 58.8 Å². The van der Waals surface area contributed by atoms with Gasteiger partial charge in [-0.1, -0.05) is 31.2 Å². The SMILES string of the molecule is CC(=C(CCOC(=O)CCNS(=O)(=O)c1cccc2c(N(C)C)cccc12)C(C)CCC(S)S)N(C=O)Cc1cnc(C)nc1N. The molecule has 0 radical (unpaired) electrons. The summed E-state index contributed by atoms with van der Waals surface area (Å²) < 4.78 is 34.3. The van der Waals surface area contributed by atoms with Gasteiger partial charge in [0.15, 0.2) is 0 Å². The van der Waals surface area contributed by atoms with E-state index in [-0.39, 0.29) is 41.5 Å². The molecule has 3 N–H and O–H groups in total. The second kappa shape index (κ2) is 17.0. The molecular formula is C32H44N6O5S3. The van der Waals surface area contributed by atoms with Crippen LogP contribution >= 0.6 is 25.3 Å². The molecule has 1 aromatic heterocycles. The van der Waals surface area contributed by atoms with Crippen molar-refractivity contribution < 1.29 is 22.7 Å². The third kappa shape index (κ3) is 10.1. The van der Waals surface area contributed by atoms with Crippen LogP contribution < -0.4 is 15.4 Å². The van der Waals surface area contributed by atoms with Gasteiger partial charge in [-0.3, -0.25) is 9.59 Å². The number of hydrogen-bond acceptors (Lipinski definition) is 11. The van der Waals surface area contributed by atoms with Crippen molar-refractivity contribution in [2.75, 3.05) is 37.9 Å². The van der Waals surface area contributed by atoms with Crippen LogP contribution in [0.2, 0.25) is 0 Å². The molecule has 0 aliphatic carbocycles. The fourth-order valence-electron chi connectivity index (χ4n) is 5.20. The maximum atomic E-state index is 13.2. The lowest BCUT2D eigenvalue weighted by Crippen LogP contribution is -2.27. The Morgan fingerprint density at radius 1 is 1.11 bits per heavy atom. The maximum Gasteiger partial charge on any atom is 0.307 e. The number of rotatable bonds is 17. The van der Waals surface area contributed by atoms with Crippen LogP contribution in [0.1, 0.15) is 50.9 Å². The van der Waals surface area contributed by atoms with Crippen molar-refractivity contribution in [3.05, 3.63) is 65.3 Å². The molecule has 0 saturated carbocycles. The zero-order valence-electron chi connectivity index (χ0n) is 26.9. The molecule has 3 aromatic rings. The number of carbonyl (C=O) groups excluding carboxylic acids is 2. The van der Waals surface area contributed by atoms with Crippen LogP contribution in [-0.2, 0) is 30.9 Å². The van der Waals surface area contributed by atoms with Crippen LogP contribution in [0.3, 0.4) is 0 Å². The third-order valence-electron chi connectivity index (χ3n) is 7.72. The molecule has 0 bridgehead atoms. The number of benzene rings is 2. The number of carbonyl (C=O) groups is 2. The highest BCUT2D eigenvalue weighted by molar-refractivity contribution is 7.99. The smallest absolute Gasteiger partial charge is 0.307 e. The number of anilines is 2. The predicted molar refractivity (Wildman–Crippen MR) is 189 cm³/mol. The van der Waals surface area contributed by atoms with Crippen LogP contribution in [0, 0.1) is 12.8 Å². The first-order chi connectivity index (χ1) is 21.7. The van der Waals surface area contributed by atoms with Crippen LogP contribution in [-0.4, -0.2) is 67.5 Å². The number of nitrogens with two attached hydrogens (primary N) is 1. The molecule has 11 nitrogen and oxygen atoms in total. The average Bonchev–Trinajstić information content (AvgIpc) is 3.00. The van der Waals surface area contributed by atoms with E-state index in [1.54, 1.807) is 36.2 Å². The lowest BCUT2D eigenvalue weighted by atomic mass is 9.92. The minimum atomic E-state index is -3.89. The van der Waals surface area contributed by atoms with E-state index < -0.39 is 16.0 Å². The molecule has 0 saturated heterocycles. The molecule has 46 heavy (non-hydrogen) atoms. The van der Waals surface area contributed by atoms with Gasteiger partial charge in [-0.25, -0.2) is 23.1 Å². The molecule has 1 heterocycles. The van der Waals surface area contributed by atoms with E-state index in [2.05, 4.69) is 39.9 Å². The van der Waals surface area contributed by atoms with Crippen molar-refractivity contribution in [2.24, 2.45) is 5.92 Å². The van der Waals surface area contributed by atoms with Gasteiger partial charge in [0.1, 0.15) is 11.6 Å². The number of nitrogens with zero attached hydrogens (tertiary/aromatic N) is 4. The Morgan fingerprint density at radius 3 is 2.46 bits per heavy atom. The van der Waals surface area contributed by atoms with Crippen molar-refractivity contribution in [1.29, 1.82) is 0 Å². The van der Waals surface area contributed by atoms with Gasteiger partial charge in [-0.15, -0.1) is 0 Å². The molecular weight excluding hydrogens is 645 g/mol. The fraction of sp³-hybridized carbons (Fsp3) is 0.438. The molecule has 0 aliphatic rings. The van der Waals surface area contributed by atoms with Crippen molar-refractivity contribution >= 4 is 69.9 Å². The van der Waals surface area contributed by atoms with E-state index in [1.807, 2.05) is 51.0 Å². The average molecular weight is 689 g/mol. The standard InChI is InChI=1S/C32H44N6O5S3/c1-21(12-13-31(44)45)25(22(2)38(20-39)19-24-18-34-23(3)36-32(24)33)15-17-43-30(40)14-16-35-46(41,42)29-11-7-8-26-27(29)9-6-10-28(26)37(4)5/h6-11,18,20-21,31,35,44-45H,12-17,19H2,1-5H3,(H2,33,34,36). The lowest BCUT2D eigenvalue weighted by molar-refractivity contribution is -0.143. The summed E-state index contributed by atoms with van der Waals surface area (Å²) in [4.78, 5) is 36.8. The third-order valence-corrected chi connectivity index (χ3v) is 9.76. The van der Waals surface area contributed by atoms with Gasteiger partial charge in [0.05, 0.1) is 24.5 Å². The Labute approximate surface area is 282 Å². The van der Waals surface area contributed by atoms with E-state index in [4.69, 9.17) is 10.5 Å². The number of sulfonamides is 1. The van der Waals surface area contributed by atoms with Crippen LogP contribution in [0.4, 0.5) is 11.5 Å². The molecule has 0 fully saturated rings. The lowest BCUT2D eigenvalue weighted by Gasteiger charge is -2.26. The zero-order chi connectivity index (χ0) is 34.0. The molecule has 3 rings (SSSR count). The van der Waals surface area contributed by atoms with Crippen molar-refractivity contribution in [3.63, 3.8) is 0 Å². The first-order valence-corrected chi connectivity index (χ1v) is 17.5. The van der Waals surface area contributed by atoms with Crippen molar-refractivity contribution in [3.8, 4) is 0 Å². The summed E-state index contributed by atoms with van der Waals surface area (Å²) in [7, 11) is -0.0948. The Kier molecular flexibility index (Phi) is 13.7. The van der Waals surface area contributed by atoms with Crippen molar-refractivity contribution in [2.45, 2.75) is 62.5 Å². The number of nitrogen functional groups attached to an aromatic ring is 1. The number of esters is 1. The van der Waals surface area contributed by atoms with Gasteiger partial charge in [0.2, 0.25) is 16.4 Å². The van der Waals surface area contributed by atoms with E-state index in [0.717, 1.165) is 35.9 Å². The quantitative estimate of drug-likeness (QED) is 0.0685. The highest BCUT2D eigenvalue weighted by atomic mass is 32.2. The maximum absolute atomic E-state index is 13.2. The molecule has 1 atom stereocenters. The van der Waals surface area contributed by atoms with Gasteiger partial charge in [0, 0.05) is 65.6 Å². The highest BCUT2D eigenvalue weighted by Crippen LogP contribution is 2.30. The molecule has 14 heteroatoms. The molecule has 0 spiro atoms. The molecule has 2 aromatic carbocycles. The number of amides is 1. The summed E-state index contributed by atoms with van der Waals surface area (Å²) in [5, 5.41) is 1.41. The first-order valence-electron chi connectivity index (χ1n) is 14.9. The molecule has 250 valence electrons. The van der Waals surface area contributed by atoms with Gasteiger partial charge in [0.25, 0.3) is 0 Å². The van der Waals surface area contributed by atoms with Crippen LogP contribution in [0.5, 0.6) is 0 Å². The number of aromatic nitrogens is 2. The Morgan fingerprint density at radius 2 is 1.80 bits per heavy atom. The summed E-state index contributed by atoms with van der Waals surface area (Å²) in [6.45, 7) is 5.75. The predicted octanol–water partition coefficient (Wildman–Crippen LogP) is 4.72. The molecule has 1 amide bonds. The Bertz CT molecular complexity index is 1660. The zero-order valence-corrected chi connectivity index (χ0v) is 29.5. The molecule has 0 aliphatic heterocycles. The summed E-state index contributed by atoms with van der Waals surface area (Å²) >= 11 is 8.75. The summed E-state index contributed by atoms with van der Waals surface area (Å²) in [6.07, 6.45) is 4.06. The van der Waals surface area contributed by atoms with E-state index in [1.165, 1.54) is 0 Å². The number of ether oxygens (including phenoxy) is 1.